The number of nitrogens with one attached hydrogen (secondary N) is 6. The van der Waals surface area contributed by atoms with E-state index in [1.54, 1.807) is 7.05 Å². The van der Waals surface area contributed by atoms with Gasteiger partial charge in [-0.05, 0) is 66.6 Å². The highest BCUT2D eigenvalue weighted by Crippen LogP contribution is 2.04. The first-order chi connectivity index (χ1) is 20.2. The zero-order chi connectivity index (χ0) is 33.1. The van der Waals surface area contributed by atoms with E-state index in [2.05, 4.69) is 36.6 Å². The number of ketones is 1. The third-order valence-corrected chi connectivity index (χ3v) is 6.24. The van der Waals surface area contributed by atoms with E-state index in [4.69, 9.17) is 11.5 Å². The van der Waals surface area contributed by atoms with Crippen molar-refractivity contribution < 1.29 is 43.4 Å². The van der Waals surface area contributed by atoms with Crippen molar-refractivity contribution in [3.63, 3.8) is 0 Å². The maximum Gasteiger partial charge on any atom is 0.376 e. The van der Waals surface area contributed by atoms with Crippen LogP contribution in [0.25, 0.3) is 0 Å². The first-order valence-electron chi connectivity index (χ1n) is 14.1. The zero-order valence-electron chi connectivity index (χ0n) is 25.5. The number of hydrogen-bond acceptors (Lipinski definition) is 12. The Balaban J connectivity index is 5.43. The SMILES string of the molecule is CNCCC(=O)N[C@@H](CCCCN)C(=O)N[C@H](C(=O)N[C@@H](C)C(=O)N[C@@H](CCN)C(=O)N[C@@H](C)C(=O)C(=O)OC)[C@@H](C)O. The van der Waals surface area contributed by atoms with Crippen LogP contribution in [-0.4, -0.2) is 116 Å². The number of ether oxygens (including phenoxy) is 1. The molecular formula is C26H48N8O9. The van der Waals surface area contributed by atoms with Crippen LogP contribution in [0.3, 0.4) is 0 Å². The molecule has 17 heteroatoms. The van der Waals surface area contributed by atoms with E-state index < -0.39 is 71.7 Å². The van der Waals surface area contributed by atoms with Crippen LogP contribution in [0.4, 0.5) is 0 Å². The largest absolute Gasteiger partial charge is 0.463 e. The van der Waals surface area contributed by atoms with Crippen molar-refractivity contribution in [1.29, 1.82) is 0 Å². The fourth-order valence-corrected chi connectivity index (χ4v) is 3.68. The van der Waals surface area contributed by atoms with Gasteiger partial charge in [0.2, 0.25) is 29.5 Å². The van der Waals surface area contributed by atoms with Gasteiger partial charge in [-0.25, -0.2) is 4.79 Å². The molecule has 0 fully saturated rings. The number of nitrogens with two attached hydrogens (primary N) is 2. The summed E-state index contributed by atoms with van der Waals surface area (Å²) < 4.78 is 4.34. The van der Waals surface area contributed by atoms with Crippen molar-refractivity contribution in [2.45, 2.75) is 89.2 Å². The predicted molar refractivity (Wildman–Crippen MR) is 155 cm³/mol. The lowest BCUT2D eigenvalue weighted by molar-refractivity contribution is -0.152. The highest BCUT2D eigenvalue weighted by Gasteiger charge is 2.32. The van der Waals surface area contributed by atoms with Crippen molar-refractivity contribution in [1.82, 2.24) is 31.9 Å². The Bertz CT molecular complexity index is 963. The first kappa shape index (κ1) is 39.3. The number of amides is 5. The minimum absolute atomic E-state index is 0.0213. The highest BCUT2D eigenvalue weighted by atomic mass is 16.5. The summed E-state index contributed by atoms with van der Waals surface area (Å²) in [7, 11) is 2.69. The van der Waals surface area contributed by atoms with Gasteiger partial charge in [-0.15, -0.1) is 0 Å². The molecule has 6 atom stereocenters. The minimum Gasteiger partial charge on any atom is -0.463 e. The summed E-state index contributed by atoms with van der Waals surface area (Å²) in [6.45, 7) is 4.60. The topological polar surface area (TPSA) is 273 Å². The van der Waals surface area contributed by atoms with Crippen LogP contribution in [0.1, 0.15) is 52.9 Å². The van der Waals surface area contributed by atoms with E-state index in [1.807, 2.05) is 0 Å². The zero-order valence-corrected chi connectivity index (χ0v) is 25.5. The number of hydrogen-bond donors (Lipinski definition) is 9. The van der Waals surface area contributed by atoms with Gasteiger partial charge in [-0.2, -0.15) is 0 Å². The number of aliphatic hydroxyl groups excluding tert-OH is 1. The molecule has 0 aromatic heterocycles. The van der Waals surface area contributed by atoms with Crippen molar-refractivity contribution in [2.24, 2.45) is 11.5 Å². The smallest absolute Gasteiger partial charge is 0.376 e. The van der Waals surface area contributed by atoms with E-state index in [1.165, 1.54) is 20.8 Å². The van der Waals surface area contributed by atoms with E-state index >= 15 is 0 Å². The van der Waals surface area contributed by atoms with Crippen LogP contribution in [0.15, 0.2) is 0 Å². The summed E-state index contributed by atoms with van der Waals surface area (Å²) in [5, 5.41) is 25.2. The molecule has 0 aliphatic carbocycles. The Labute approximate surface area is 251 Å². The lowest BCUT2D eigenvalue weighted by atomic mass is 10.1. The van der Waals surface area contributed by atoms with Gasteiger partial charge in [-0.1, -0.05) is 0 Å². The lowest BCUT2D eigenvalue weighted by Crippen LogP contribution is -2.60. The molecule has 0 bridgehead atoms. The van der Waals surface area contributed by atoms with E-state index in [-0.39, 0.29) is 31.7 Å². The molecule has 11 N–H and O–H groups in total. The molecule has 0 aromatic carbocycles. The molecule has 0 heterocycles. The maximum absolute atomic E-state index is 13.0. The van der Waals surface area contributed by atoms with Crippen molar-refractivity contribution >= 4 is 41.3 Å². The van der Waals surface area contributed by atoms with Crippen LogP contribution in [0.5, 0.6) is 0 Å². The third kappa shape index (κ3) is 14.9. The summed E-state index contributed by atoms with van der Waals surface area (Å²) >= 11 is 0. The fourth-order valence-electron chi connectivity index (χ4n) is 3.68. The lowest BCUT2D eigenvalue weighted by Gasteiger charge is -2.26. The molecule has 17 nitrogen and oxygen atoms in total. The Hall–Kier alpha value is -3.67. The molecule has 0 unspecified atom stereocenters. The van der Waals surface area contributed by atoms with Gasteiger partial charge in [0, 0.05) is 13.0 Å². The summed E-state index contributed by atoms with van der Waals surface area (Å²) in [6.07, 6.45) is 0.0797. The van der Waals surface area contributed by atoms with Crippen LogP contribution >= 0.6 is 0 Å². The van der Waals surface area contributed by atoms with Crippen LogP contribution in [0.2, 0.25) is 0 Å². The average Bonchev–Trinajstić information content (AvgIpc) is 2.96. The summed E-state index contributed by atoms with van der Waals surface area (Å²) in [6, 6.07) is -6.17. The monoisotopic (exact) mass is 616 g/mol. The van der Waals surface area contributed by atoms with Gasteiger partial charge in [-0.3, -0.25) is 28.8 Å². The molecule has 0 radical (unpaired) electrons. The first-order valence-corrected chi connectivity index (χ1v) is 14.1. The van der Waals surface area contributed by atoms with Gasteiger partial charge in [0.1, 0.15) is 24.2 Å². The Morgan fingerprint density at radius 2 is 1.30 bits per heavy atom. The molecule has 0 aliphatic rings. The number of carbonyl (C=O) groups excluding carboxylic acids is 7. The van der Waals surface area contributed by atoms with Crippen LogP contribution < -0.4 is 43.4 Å². The second-order valence-electron chi connectivity index (χ2n) is 9.94. The standard InChI is InChI=1S/C26H48N8O9/c1-14(21(37)26(42)43-5)30-23(39)18(9-12-28)33-22(38)15(2)31-25(41)20(16(3)35)34-24(40)17(8-6-7-11-27)32-19(36)10-13-29-4/h14-18,20,29,35H,6-13,27-28H2,1-5H3,(H,30,39)(H,31,41)(H,32,36)(H,33,38)(H,34,40)/t14-,15-,16+,17-,18-,20-/m0/s1. The number of Topliss-reactive ketones (excluding diaryl/α,β-unsaturated/α-hetero) is 1. The molecule has 0 saturated heterocycles. The molecule has 0 rings (SSSR count). The van der Waals surface area contributed by atoms with Crippen molar-refractivity contribution in [3.05, 3.63) is 0 Å². The number of aliphatic hydroxyl groups is 1. The molecule has 0 aliphatic heterocycles. The van der Waals surface area contributed by atoms with Gasteiger partial charge in [0.15, 0.2) is 0 Å². The quantitative estimate of drug-likeness (QED) is 0.0336. The molecule has 0 spiro atoms. The van der Waals surface area contributed by atoms with Gasteiger partial charge >= 0.3 is 5.97 Å². The Morgan fingerprint density at radius 1 is 0.721 bits per heavy atom. The number of methoxy groups -OCH3 is 1. The predicted octanol–water partition coefficient (Wildman–Crippen LogP) is -4.34. The van der Waals surface area contributed by atoms with Gasteiger partial charge in [0.25, 0.3) is 5.78 Å². The average molecular weight is 617 g/mol. The van der Waals surface area contributed by atoms with Crippen molar-refractivity contribution in [3.8, 4) is 0 Å². The molecule has 43 heavy (non-hydrogen) atoms. The maximum atomic E-state index is 13.0. The second-order valence-corrected chi connectivity index (χ2v) is 9.94. The van der Waals surface area contributed by atoms with Crippen LogP contribution in [-0.2, 0) is 38.3 Å². The Morgan fingerprint density at radius 3 is 1.84 bits per heavy atom. The van der Waals surface area contributed by atoms with Crippen LogP contribution in [0, 0.1) is 0 Å². The molecular weight excluding hydrogens is 568 g/mol. The summed E-state index contributed by atoms with van der Waals surface area (Å²) in [4.78, 5) is 87.1. The van der Waals surface area contributed by atoms with Gasteiger partial charge in [0.05, 0.1) is 19.3 Å². The normalized spacial score (nSPS) is 15.0. The number of rotatable bonds is 21. The summed E-state index contributed by atoms with van der Waals surface area (Å²) in [5.74, 6) is -5.74. The van der Waals surface area contributed by atoms with Gasteiger partial charge < -0.3 is 53.2 Å². The van der Waals surface area contributed by atoms with Crippen molar-refractivity contribution in [2.75, 3.05) is 33.8 Å². The van der Waals surface area contributed by atoms with E-state index in [0.29, 0.717) is 25.9 Å². The number of esters is 1. The molecule has 246 valence electrons. The number of unbranched alkanes of at least 4 members (excludes halogenated alkanes) is 1. The molecule has 0 saturated carbocycles. The molecule has 5 amide bonds. The third-order valence-electron chi connectivity index (χ3n) is 6.24. The van der Waals surface area contributed by atoms with E-state index in [0.717, 1.165) is 7.11 Å². The minimum atomic E-state index is -1.48. The summed E-state index contributed by atoms with van der Waals surface area (Å²) in [5.41, 5.74) is 11.1. The highest BCUT2D eigenvalue weighted by molar-refractivity contribution is 6.35. The molecule has 0 aromatic rings. The Kier molecular flexibility index (Phi) is 19.3. The fraction of sp³-hybridized carbons (Fsp3) is 0.731. The second kappa shape index (κ2) is 21.1. The van der Waals surface area contributed by atoms with E-state index in [9.17, 15) is 38.7 Å². The number of carbonyl (C=O) groups is 7.